The van der Waals surface area contributed by atoms with Gasteiger partial charge >= 0.3 is 0 Å². The number of nitrogen functional groups attached to an aromatic ring is 1. The van der Waals surface area contributed by atoms with E-state index < -0.39 is 6.10 Å². The summed E-state index contributed by atoms with van der Waals surface area (Å²) < 4.78 is 0. The maximum Gasteiger partial charge on any atom is 0.0704 e. The van der Waals surface area contributed by atoms with Gasteiger partial charge in [0.05, 0.1) is 12.1 Å². The molecule has 1 aromatic carbocycles. The topological polar surface area (TPSA) is 72.3 Å². The molecular formula is C11H18N2O. The van der Waals surface area contributed by atoms with E-state index in [-0.39, 0.29) is 6.04 Å². The van der Waals surface area contributed by atoms with Crippen molar-refractivity contribution in [2.24, 2.45) is 5.73 Å². The Morgan fingerprint density at radius 1 is 1.43 bits per heavy atom. The third-order valence-electron chi connectivity index (χ3n) is 2.43. The lowest BCUT2D eigenvalue weighted by atomic mass is 9.95. The van der Waals surface area contributed by atoms with Gasteiger partial charge in [-0.1, -0.05) is 13.0 Å². The smallest absolute Gasteiger partial charge is 0.0704 e. The number of nitrogens with two attached hydrogens (primary N) is 2. The number of benzene rings is 1. The molecule has 0 aliphatic rings. The largest absolute Gasteiger partial charge is 0.399 e. The second-order valence-corrected chi connectivity index (χ2v) is 3.58. The first kappa shape index (κ1) is 11.0. The zero-order valence-electron chi connectivity index (χ0n) is 8.70. The highest BCUT2D eigenvalue weighted by molar-refractivity contribution is 5.46. The molecule has 0 heterocycles. The van der Waals surface area contributed by atoms with Gasteiger partial charge in [0.2, 0.25) is 0 Å². The Kier molecular flexibility index (Phi) is 3.49. The first-order valence-corrected chi connectivity index (χ1v) is 4.88. The van der Waals surface area contributed by atoms with Crippen molar-refractivity contribution in [1.82, 2.24) is 0 Å². The normalized spacial score (nSPS) is 15.1. The average molecular weight is 194 g/mol. The number of aliphatic hydroxyl groups excluding tert-OH is 1. The van der Waals surface area contributed by atoms with Crippen molar-refractivity contribution in [1.29, 1.82) is 0 Å². The van der Waals surface area contributed by atoms with Gasteiger partial charge in [-0.2, -0.15) is 0 Å². The number of aryl methyl sites for hydroxylation is 1. The third kappa shape index (κ3) is 2.25. The molecule has 0 saturated carbocycles. The van der Waals surface area contributed by atoms with E-state index in [0.29, 0.717) is 5.69 Å². The molecule has 0 unspecified atom stereocenters. The van der Waals surface area contributed by atoms with E-state index >= 15 is 0 Å². The van der Waals surface area contributed by atoms with Crippen molar-refractivity contribution in [2.45, 2.75) is 32.4 Å². The summed E-state index contributed by atoms with van der Waals surface area (Å²) in [6.07, 6.45) is 0.345. The van der Waals surface area contributed by atoms with Gasteiger partial charge in [-0.3, -0.25) is 0 Å². The summed E-state index contributed by atoms with van der Waals surface area (Å²) in [5, 5.41) is 9.42. The fourth-order valence-corrected chi connectivity index (χ4v) is 1.51. The molecule has 0 bridgehead atoms. The van der Waals surface area contributed by atoms with Crippen molar-refractivity contribution >= 4 is 5.69 Å². The second-order valence-electron chi connectivity index (χ2n) is 3.58. The van der Waals surface area contributed by atoms with Crippen molar-refractivity contribution < 1.29 is 5.11 Å². The molecule has 1 aromatic rings. The maximum absolute atomic E-state index is 9.42. The molecule has 14 heavy (non-hydrogen) atoms. The average Bonchev–Trinajstić information content (AvgIpc) is 2.16. The van der Waals surface area contributed by atoms with Gasteiger partial charge in [-0.05, 0) is 36.6 Å². The molecule has 0 spiro atoms. The van der Waals surface area contributed by atoms with Crippen molar-refractivity contribution in [3.05, 3.63) is 29.3 Å². The predicted molar refractivity (Wildman–Crippen MR) is 58.8 cm³/mol. The van der Waals surface area contributed by atoms with Gasteiger partial charge in [-0.15, -0.1) is 0 Å². The molecule has 3 nitrogen and oxygen atoms in total. The minimum Gasteiger partial charge on any atom is -0.399 e. The molecule has 0 radical (unpaired) electrons. The zero-order chi connectivity index (χ0) is 10.7. The molecule has 0 aromatic heterocycles. The highest BCUT2D eigenvalue weighted by Crippen LogP contribution is 2.22. The summed E-state index contributed by atoms with van der Waals surface area (Å²) in [7, 11) is 0. The van der Waals surface area contributed by atoms with Crippen LogP contribution in [-0.4, -0.2) is 11.2 Å². The minimum atomic E-state index is -0.554. The second kappa shape index (κ2) is 4.44. The van der Waals surface area contributed by atoms with Crippen LogP contribution in [0.4, 0.5) is 5.69 Å². The number of hydrogen-bond acceptors (Lipinski definition) is 3. The van der Waals surface area contributed by atoms with Gasteiger partial charge in [0.15, 0.2) is 0 Å². The summed E-state index contributed by atoms with van der Waals surface area (Å²) in [5.41, 5.74) is 14.3. The summed E-state index contributed by atoms with van der Waals surface area (Å²) in [4.78, 5) is 0. The third-order valence-corrected chi connectivity index (χ3v) is 2.43. The molecule has 0 aliphatic heterocycles. The Morgan fingerprint density at radius 2 is 2.07 bits per heavy atom. The molecule has 0 aliphatic carbocycles. The molecule has 78 valence electrons. The van der Waals surface area contributed by atoms with Crippen molar-refractivity contribution in [2.75, 3.05) is 5.73 Å². The summed E-state index contributed by atoms with van der Waals surface area (Å²) >= 11 is 0. The van der Waals surface area contributed by atoms with Gasteiger partial charge in [-0.25, -0.2) is 0 Å². The Labute approximate surface area is 84.7 Å². The van der Waals surface area contributed by atoms with E-state index in [4.69, 9.17) is 11.5 Å². The van der Waals surface area contributed by atoms with E-state index in [0.717, 1.165) is 17.5 Å². The Balaban J connectivity index is 3.10. The van der Waals surface area contributed by atoms with Crippen LogP contribution in [0.5, 0.6) is 0 Å². The Morgan fingerprint density at radius 3 is 2.57 bits per heavy atom. The van der Waals surface area contributed by atoms with Gasteiger partial charge in [0, 0.05) is 5.69 Å². The standard InChI is InChI=1S/C11H18N2O/c1-3-8-4-5-9(12)6-10(8)11(13)7(2)14/h4-7,11,14H,3,12-13H2,1-2H3/t7-,11+/m1/s1. The highest BCUT2D eigenvalue weighted by atomic mass is 16.3. The lowest BCUT2D eigenvalue weighted by molar-refractivity contribution is 0.164. The Bertz CT molecular complexity index is 310. The van der Waals surface area contributed by atoms with E-state index in [2.05, 4.69) is 6.92 Å². The van der Waals surface area contributed by atoms with E-state index in [1.165, 1.54) is 0 Å². The van der Waals surface area contributed by atoms with Crippen molar-refractivity contribution in [3.63, 3.8) is 0 Å². The number of aliphatic hydroxyl groups is 1. The van der Waals surface area contributed by atoms with Gasteiger partial charge in [0.1, 0.15) is 0 Å². The lowest BCUT2D eigenvalue weighted by Crippen LogP contribution is -2.24. The number of anilines is 1. The molecule has 1 rings (SSSR count). The van der Waals surface area contributed by atoms with Crippen LogP contribution in [0, 0.1) is 0 Å². The highest BCUT2D eigenvalue weighted by Gasteiger charge is 2.15. The van der Waals surface area contributed by atoms with Crippen LogP contribution < -0.4 is 11.5 Å². The first-order valence-electron chi connectivity index (χ1n) is 4.88. The minimum absolute atomic E-state index is 0.353. The zero-order valence-corrected chi connectivity index (χ0v) is 8.70. The molecule has 0 saturated heterocycles. The summed E-state index contributed by atoms with van der Waals surface area (Å²) in [5.74, 6) is 0. The summed E-state index contributed by atoms with van der Waals surface area (Å²) in [6.45, 7) is 3.75. The quantitative estimate of drug-likeness (QED) is 0.633. The van der Waals surface area contributed by atoms with Crippen LogP contribution >= 0.6 is 0 Å². The fraction of sp³-hybridized carbons (Fsp3) is 0.455. The monoisotopic (exact) mass is 194 g/mol. The van der Waals surface area contributed by atoms with Crippen LogP contribution in [0.3, 0.4) is 0 Å². The van der Waals surface area contributed by atoms with Gasteiger partial charge < -0.3 is 16.6 Å². The first-order chi connectivity index (χ1) is 6.56. The van der Waals surface area contributed by atoms with Crippen LogP contribution in [0.15, 0.2) is 18.2 Å². The maximum atomic E-state index is 9.42. The lowest BCUT2D eigenvalue weighted by Gasteiger charge is -2.18. The number of rotatable bonds is 3. The molecular weight excluding hydrogens is 176 g/mol. The SMILES string of the molecule is CCc1ccc(N)cc1[C@@H](N)[C@@H](C)O. The summed E-state index contributed by atoms with van der Waals surface area (Å²) in [6, 6.07) is 5.31. The molecule has 3 heteroatoms. The predicted octanol–water partition coefficient (Wildman–Crippen LogP) is 1.21. The molecule has 2 atom stereocenters. The van der Waals surface area contributed by atoms with E-state index in [1.54, 1.807) is 6.92 Å². The van der Waals surface area contributed by atoms with Crippen LogP contribution in [0.1, 0.15) is 31.0 Å². The molecule has 0 fully saturated rings. The number of hydrogen-bond donors (Lipinski definition) is 3. The molecule has 0 amide bonds. The fourth-order valence-electron chi connectivity index (χ4n) is 1.51. The molecule has 5 N–H and O–H groups in total. The van der Waals surface area contributed by atoms with Crippen molar-refractivity contribution in [3.8, 4) is 0 Å². The van der Waals surface area contributed by atoms with E-state index in [1.807, 2.05) is 18.2 Å². The van der Waals surface area contributed by atoms with Crippen LogP contribution in [0.25, 0.3) is 0 Å². The van der Waals surface area contributed by atoms with Crippen LogP contribution in [0.2, 0.25) is 0 Å². The Hall–Kier alpha value is -1.06. The van der Waals surface area contributed by atoms with E-state index in [9.17, 15) is 5.11 Å². The van der Waals surface area contributed by atoms with Gasteiger partial charge in [0.25, 0.3) is 0 Å². The van der Waals surface area contributed by atoms with Crippen LogP contribution in [-0.2, 0) is 6.42 Å².